The predicted octanol–water partition coefficient (Wildman–Crippen LogP) is 2.71. The highest BCUT2D eigenvalue weighted by molar-refractivity contribution is 6.31. The van der Waals surface area contributed by atoms with Crippen molar-refractivity contribution >= 4 is 23.4 Å². The number of benzene rings is 1. The number of piperazine rings is 1. The van der Waals surface area contributed by atoms with Gasteiger partial charge in [0.05, 0.1) is 0 Å². The molecule has 1 aromatic carbocycles. The molecule has 6 heteroatoms. The van der Waals surface area contributed by atoms with E-state index in [1.807, 2.05) is 36.9 Å². The van der Waals surface area contributed by atoms with Crippen molar-refractivity contribution in [3.63, 3.8) is 0 Å². The van der Waals surface area contributed by atoms with Gasteiger partial charge in [0.2, 0.25) is 11.8 Å². The number of carbonyl (C=O) groups excluding carboxylic acids is 2. The van der Waals surface area contributed by atoms with Crippen LogP contribution in [0, 0.1) is 5.92 Å². The van der Waals surface area contributed by atoms with Crippen molar-refractivity contribution in [3.05, 3.63) is 34.9 Å². The first-order valence-corrected chi connectivity index (χ1v) is 9.23. The molecule has 2 rings (SSSR count). The van der Waals surface area contributed by atoms with E-state index >= 15 is 0 Å². The zero-order valence-electron chi connectivity index (χ0n) is 15.5. The lowest BCUT2D eigenvalue weighted by Gasteiger charge is -2.40. The van der Waals surface area contributed by atoms with Gasteiger partial charge in [0.15, 0.2) is 0 Å². The van der Waals surface area contributed by atoms with Gasteiger partial charge in [0.1, 0.15) is 6.04 Å². The maximum atomic E-state index is 12.7. The number of carbonyl (C=O) groups is 2. The molecule has 0 aromatic heterocycles. The summed E-state index contributed by atoms with van der Waals surface area (Å²) in [4.78, 5) is 28.3. The van der Waals surface area contributed by atoms with Gasteiger partial charge in [0, 0.05) is 44.2 Å². The van der Waals surface area contributed by atoms with E-state index in [0.717, 1.165) is 23.7 Å². The highest BCUT2D eigenvalue weighted by Crippen LogP contribution is 2.27. The first kappa shape index (κ1) is 19.7. The second-order valence-corrected chi connectivity index (χ2v) is 7.39. The average molecular weight is 366 g/mol. The maximum Gasteiger partial charge on any atom is 0.245 e. The second-order valence-electron chi connectivity index (χ2n) is 6.98. The summed E-state index contributed by atoms with van der Waals surface area (Å²) in [6.07, 6.45) is 0. The van der Waals surface area contributed by atoms with Gasteiger partial charge in [0.25, 0.3) is 0 Å². The summed E-state index contributed by atoms with van der Waals surface area (Å²) in [6.45, 7) is 10.4. The Kier molecular flexibility index (Phi) is 6.85. The van der Waals surface area contributed by atoms with Gasteiger partial charge in [-0.3, -0.25) is 14.5 Å². The standard InChI is InChI=1S/C19H28ClN3O2/c1-13(2)18(21-15(4)24)19(25)23-11-9-22(10-12-23)14(3)16-7-5-6-8-17(16)20/h5-8,13-14,18H,9-12H2,1-4H3,(H,21,24). The van der Waals surface area contributed by atoms with Crippen LogP contribution in [0.1, 0.15) is 39.3 Å². The Balaban J connectivity index is 1.97. The van der Waals surface area contributed by atoms with Gasteiger partial charge in [-0.2, -0.15) is 0 Å². The average Bonchev–Trinajstić information content (AvgIpc) is 2.58. The molecular weight excluding hydrogens is 338 g/mol. The van der Waals surface area contributed by atoms with E-state index in [4.69, 9.17) is 11.6 Å². The van der Waals surface area contributed by atoms with Crippen LogP contribution in [0.3, 0.4) is 0 Å². The smallest absolute Gasteiger partial charge is 0.245 e. The Morgan fingerprint density at radius 3 is 2.20 bits per heavy atom. The van der Waals surface area contributed by atoms with Crippen LogP contribution in [0.2, 0.25) is 5.02 Å². The number of rotatable bonds is 5. The lowest BCUT2D eigenvalue weighted by atomic mass is 10.0. The van der Waals surface area contributed by atoms with Crippen LogP contribution in [-0.2, 0) is 9.59 Å². The molecule has 1 saturated heterocycles. The van der Waals surface area contributed by atoms with Gasteiger partial charge < -0.3 is 10.2 Å². The van der Waals surface area contributed by atoms with E-state index in [-0.39, 0.29) is 23.8 Å². The fourth-order valence-electron chi connectivity index (χ4n) is 3.27. The van der Waals surface area contributed by atoms with Crippen LogP contribution in [0.4, 0.5) is 0 Å². The SMILES string of the molecule is CC(=O)NC(C(=O)N1CCN(C(C)c2ccccc2Cl)CC1)C(C)C. The monoisotopic (exact) mass is 365 g/mol. The minimum absolute atomic E-state index is 0.00949. The third-order valence-electron chi connectivity index (χ3n) is 4.82. The molecule has 0 radical (unpaired) electrons. The summed E-state index contributed by atoms with van der Waals surface area (Å²) in [5.41, 5.74) is 1.11. The number of nitrogens with zero attached hydrogens (tertiary/aromatic N) is 2. The Bertz CT molecular complexity index is 612. The van der Waals surface area contributed by atoms with E-state index in [9.17, 15) is 9.59 Å². The molecular formula is C19H28ClN3O2. The number of amides is 2. The van der Waals surface area contributed by atoms with Crippen molar-refractivity contribution in [2.75, 3.05) is 26.2 Å². The predicted molar refractivity (Wildman–Crippen MR) is 100 cm³/mol. The highest BCUT2D eigenvalue weighted by Gasteiger charge is 2.31. The molecule has 0 bridgehead atoms. The third-order valence-corrected chi connectivity index (χ3v) is 5.16. The Labute approximate surface area is 155 Å². The van der Waals surface area contributed by atoms with E-state index in [1.54, 1.807) is 0 Å². The van der Waals surface area contributed by atoms with Crippen LogP contribution >= 0.6 is 11.6 Å². The normalized spacial score (nSPS) is 18.1. The van der Waals surface area contributed by atoms with Crippen LogP contribution in [0.5, 0.6) is 0 Å². The molecule has 1 aliphatic heterocycles. The van der Waals surface area contributed by atoms with Gasteiger partial charge in [-0.1, -0.05) is 43.6 Å². The Hall–Kier alpha value is -1.59. The van der Waals surface area contributed by atoms with E-state index < -0.39 is 6.04 Å². The van der Waals surface area contributed by atoms with Crippen LogP contribution in [-0.4, -0.2) is 53.8 Å². The summed E-state index contributed by atoms with van der Waals surface area (Å²) >= 11 is 6.31. The fourth-order valence-corrected chi connectivity index (χ4v) is 3.56. The van der Waals surface area contributed by atoms with Crippen molar-refractivity contribution in [3.8, 4) is 0 Å². The first-order valence-electron chi connectivity index (χ1n) is 8.85. The van der Waals surface area contributed by atoms with Crippen molar-refractivity contribution in [1.82, 2.24) is 15.1 Å². The molecule has 1 fully saturated rings. The van der Waals surface area contributed by atoms with Gasteiger partial charge in [-0.25, -0.2) is 0 Å². The zero-order chi connectivity index (χ0) is 18.6. The summed E-state index contributed by atoms with van der Waals surface area (Å²) in [6, 6.07) is 7.65. The molecule has 1 aliphatic rings. The van der Waals surface area contributed by atoms with Crippen molar-refractivity contribution < 1.29 is 9.59 Å². The minimum atomic E-state index is -0.454. The lowest BCUT2D eigenvalue weighted by molar-refractivity contribution is -0.139. The van der Waals surface area contributed by atoms with Gasteiger partial charge in [-0.15, -0.1) is 0 Å². The van der Waals surface area contributed by atoms with E-state index in [1.165, 1.54) is 6.92 Å². The molecule has 1 aromatic rings. The minimum Gasteiger partial charge on any atom is -0.344 e. The second kappa shape index (κ2) is 8.68. The van der Waals surface area contributed by atoms with Crippen molar-refractivity contribution in [2.45, 2.75) is 39.8 Å². The number of nitrogens with one attached hydrogen (secondary N) is 1. The molecule has 0 spiro atoms. The van der Waals surface area contributed by atoms with Crippen LogP contribution in [0.15, 0.2) is 24.3 Å². The van der Waals surface area contributed by atoms with E-state index in [0.29, 0.717) is 13.1 Å². The number of hydrogen-bond acceptors (Lipinski definition) is 3. The topological polar surface area (TPSA) is 52.7 Å². The van der Waals surface area contributed by atoms with Crippen LogP contribution < -0.4 is 5.32 Å². The summed E-state index contributed by atoms with van der Waals surface area (Å²) in [5, 5.41) is 3.56. The molecule has 2 atom stereocenters. The Morgan fingerprint density at radius 1 is 1.08 bits per heavy atom. The molecule has 0 saturated carbocycles. The quantitative estimate of drug-likeness (QED) is 0.872. The summed E-state index contributed by atoms with van der Waals surface area (Å²) < 4.78 is 0. The molecule has 1 heterocycles. The molecule has 0 aliphatic carbocycles. The molecule has 1 N–H and O–H groups in total. The van der Waals surface area contributed by atoms with Crippen molar-refractivity contribution in [1.29, 1.82) is 0 Å². The zero-order valence-corrected chi connectivity index (χ0v) is 16.2. The van der Waals surface area contributed by atoms with Gasteiger partial charge >= 0.3 is 0 Å². The molecule has 25 heavy (non-hydrogen) atoms. The molecule has 138 valence electrons. The fraction of sp³-hybridized carbons (Fsp3) is 0.579. The summed E-state index contributed by atoms with van der Waals surface area (Å²) in [5.74, 6) is -0.0928. The third kappa shape index (κ3) is 4.95. The largest absolute Gasteiger partial charge is 0.344 e. The number of halogens is 1. The molecule has 5 nitrogen and oxygen atoms in total. The lowest BCUT2D eigenvalue weighted by Crippen LogP contribution is -2.56. The molecule has 2 amide bonds. The summed E-state index contributed by atoms with van der Waals surface area (Å²) in [7, 11) is 0. The molecule has 2 unspecified atom stereocenters. The van der Waals surface area contributed by atoms with E-state index in [2.05, 4.69) is 23.2 Å². The Morgan fingerprint density at radius 2 is 1.68 bits per heavy atom. The van der Waals surface area contributed by atoms with Gasteiger partial charge in [-0.05, 0) is 24.5 Å². The van der Waals surface area contributed by atoms with Crippen LogP contribution in [0.25, 0.3) is 0 Å². The maximum absolute atomic E-state index is 12.7. The first-order chi connectivity index (χ1) is 11.8. The highest BCUT2D eigenvalue weighted by atomic mass is 35.5. The van der Waals surface area contributed by atoms with Crippen molar-refractivity contribution in [2.24, 2.45) is 5.92 Å². The number of hydrogen-bond donors (Lipinski definition) is 1.